The molecule has 112 valence electrons. The van der Waals surface area contributed by atoms with Gasteiger partial charge in [-0.3, -0.25) is 0 Å². The van der Waals surface area contributed by atoms with E-state index in [1.807, 2.05) is 0 Å². The van der Waals surface area contributed by atoms with E-state index < -0.39 is 5.97 Å². The van der Waals surface area contributed by atoms with Gasteiger partial charge in [-0.25, -0.2) is 4.79 Å². The van der Waals surface area contributed by atoms with Crippen molar-refractivity contribution in [2.24, 2.45) is 28.6 Å². The number of allylic oxidation sites excluding steroid dienone is 1. The fraction of sp³-hybridized carbons (Fsp3) is 0.722. The molecule has 0 aromatic rings. The first-order valence-electron chi connectivity index (χ1n) is 7.78. The highest BCUT2D eigenvalue weighted by molar-refractivity contribution is 5.78. The van der Waals surface area contributed by atoms with Crippen LogP contribution in [0.25, 0.3) is 0 Å². The van der Waals surface area contributed by atoms with E-state index in [-0.39, 0.29) is 0 Å². The largest absolute Gasteiger partial charge is 0.478 e. The predicted molar refractivity (Wildman–Crippen MR) is 82.4 cm³/mol. The topological polar surface area (TPSA) is 37.3 Å². The fourth-order valence-corrected chi connectivity index (χ4v) is 5.28. The summed E-state index contributed by atoms with van der Waals surface area (Å²) in [6.45, 7) is 14.9. The lowest BCUT2D eigenvalue weighted by atomic mass is 9.69. The Bertz CT molecular complexity index is 435. The minimum Gasteiger partial charge on any atom is -0.478 e. The van der Waals surface area contributed by atoms with Gasteiger partial charge in [-0.15, -0.1) is 0 Å². The highest BCUT2D eigenvalue weighted by atomic mass is 16.4. The number of hydrogen-bond acceptors (Lipinski definition) is 1. The summed E-state index contributed by atoms with van der Waals surface area (Å²) in [5.74, 6) is 1.81. The molecule has 3 rings (SSSR count). The average molecular weight is 276 g/mol. The first-order chi connectivity index (χ1) is 9.24. The van der Waals surface area contributed by atoms with Gasteiger partial charge < -0.3 is 5.11 Å². The van der Waals surface area contributed by atoms with Crippen molar-refractivity contribution in [1.82, 2.24) is 0 Å². The van der Waals surface area contributed by atoms with Gasteiger partial charge in [0.2, 0.25) is 0 Å². The highest BCUT2D eigenvalue weighted by Crippen LogP contribution is 2.70. The number of hydrogen-bond donors (Lipinski definition) is 1. The standard InChI is InChI=1S/C15H24.C3H4O2/c1-10-11-6-7-12-13(11)14(2,3)8-5-9-15(10,12)4;1-2-3(4)5/h11-13H,1,5-9H2,2-4H3;2H,1H2,(H,4,5). The first kappa shape index (κ1) is 15.3. The maximum atomic E-state index is 9.25. The normalized spacial score (nSPS) is 40.5. The summed E-state index contributed by atoms with van der Waals surface area (Å²) in [7, 11) is 0. The van der Waals surface area contributed by atoms with E-state index in [9.17, 15) is 4.79 Å². The molecule has 4 unspecified atom stereocenters. The molecule has 3 aliphatic rings. The Kier molecular flexibility index (Phi) is 3.88. The Morgan fingerprint density at radius 1 is 1.30 bits per heavy atom. The Morgan fingerprint density at radius 2 is 1.90 bits per heavy atom. The van der Waals surface area contributed by atoms with Crippen molar-refractivity contribution in [2.45, 2.75) is 52.9 Å². The zero-order valence-electron chi connectivity index (χ0n) is 13.1. The van der Waals surface area contributed by atoms with Crippen molar-refractivity contribution >= 4 is 5.97 Å². The van der Waals surface area contributed by atoms with E-state index in [4.69, 9.17) is 5.11 Å². The number of aliphatic carboxylic acids is 1. The third-order valence-corrected chi connectivity index (χ3v) is 6.25. The average Bonchev–Trinajstić information content (AvgIpc) is 2.86. The van der Waals surface area contributed by atoms with Gasteiger partial charge in [0.05, 0.1) is 0 Å². The lowest BCUT2D eigenvalue weighted by Gasteiger charge is -2.35. The molecule has 0 heterocycles. The molecule has 3 fully saturated rings. The van der Waals surface area contributed by atoms with E-state index in [1.165, 1.54) is 32.1 Å². The summed E-state index contributed by atoms with van der Waals surface area (Å²) in [4.78, 5) is 9.25. The molecule has 0 aromatic carbocycles. The second-order valence-electron chi connectivity index (χ2n) is 7.64. The lowest BCUT2D eigenvalue weighted by molar-refractivity contribution is -0.131. The van der Waals surface area contributed by atoms with Gasteiger partial charge in [0.15, 0.2) is 0 Å². The minimum atomic E-state index is -0.981. The number of carboxylic acids is 1. The Morgan fingerprint density at radius 3 is 2.45 bits per heavy atom. The first-order valence-corrected chi connectivity index (χ1v) is 7.78. The smallest absolute Gasteiger partial charge is 0.327 e. The van der Waals surface area contributed by atoms with E-state index >= 15 is 0 Å². The number of rotatable bonds is 1. The SMILES string of the molecule is C=C1C2CCC3C2C(C)(C)CCCC13C.C=CC(=O)O. The third-order valence-electron chi connectivity index (χ3n) is 6.25. The molecule has 0 saturated heterocycles. The van der Waals surface area contributed by atoms with Crippen molar-refractivity contribution in [1.29, 1.82) is 0 Å². The molecule has 2 nitrogen and oxygen atoms in total. The summed E-state index contributed by atoms with van der Waals surface area (Å²) in [5, 5.41) is 7.60. The van der Waals surface area contributed by atoms with Gasteiger partial charge in [0, 0.05) is 6.08 Å². The third kappa shape index (κ3) is 2.23. The van der Waals surface area contributed by atoms with Gasteiger partial charge in [0.25, 0.3) is 0 Å². The van der Waals surface area contributed by atoms with Crippen LogP contribution in [0, 0.1) is 28.6 Å². The second-order valence-corrected chi connectivity index (χ2v) is 7.64. The van der Waals surface area contributed by atoms with E-state index in [0.29, 0.717) is 10.8 Å². The van der Waals surface area contributed by atoms with Crippen LogP contribution < -0.4 is 0 Å². The maximum Gasteiger partial charge on any atom is 0.327 e. The van der Waals surface area contributed by atoms with Crippen molar-refractivity contribution in [3.8, 4) is 0 Å². The number of carbonyl (C=O) groups is 1. The zero-order valence-corrected chi connectivity index (χ0v) is 13.1. The summed E-state index contributed by atoms with van der Waals surface area (Å²) >= 11 is 0. The van der Waals surface area contributed by atoms with Crippen LogP contribution in [0.1, 0.15) is 52.9 Å². The van der Waals surface area contributed by atoms with Crippen LogP contribution in [0.5, 0.6) is 0 Å². The molecule has 0 amide bonds. The van der Waals surface area contributed by atoms with Crippen LogP contribution >= 0.6 is 0 Å². The van der Waals surface area contributed by atoms with Crippen LogP contribution in [0.2, 0.25) is 0 Å². The van der Waals surface area contributed by atoms with E-state index in [1.54, 1.807) is 5.57 Å². The van der Waals surface area contributed by atoms with Crippen LogP contribution in [0.3, 0.4) is 0 Å². The highest BCUT2D eigenvalue weighted by Gasteiger charge is 2.61. The van der Waals surface area contributed by atoms with Crippen molar-refractivity contribution in [3.05, 3.63) is 24.8 Å². The fourth-order valence-electron chi connectivity index (χ4n) is 5.28. The monoisotopic (exact) mass is 276 g/mol. The molecule has 3 aliphatic carbocycles. The van der Waals surface area contributed by atoms with E-state index in [2.05, 4.69) is 33.9 Å². The molecule has 0 radical (unpaired) electrons. The molecular weight excluding hydrogens is 248 g/mol. The van der Waals surface area contributed by atoms with Gasteiger partial charge in [-0.1, -0.05) is 45.9 Å². The molecule has 0 spiro atoms. The van der Waals surface area contributed by atoms with E-state index in [0.717, 1.165) is 23.8 Å². The maximum absolute atomic E-state index is 9.25. The summed E-state index contributed by atoms with van der Waals surface area (Å²) < 4.78 is 0. The van der Waals surface area contributed by atoms with Crippen LogP contribution in [0.4, 0.5) is 0 Å². The van der Waals surface area contributed by atoms with Crippen molar-refractivity contribution < 1.29 is 9.90 Å². The predicted octanol–water partition coefficient (Wildman–Crippen LogP) is 4.67. The quantitative estimate of drug-likeness (QED) is 0.558. The molecule has 0 aromatic heterocycles. The molecule has 4 atom stereocenters. The van der Waals surface area contributed by atoms with Gasteiger partial charge in [0.1, 0.15) is 0 Å². The van der Waals surface area contributed by atoms with Gasteiger partial charge in [-0.05, 0) is 54.3 Å². The zero-order chi connectivity index (χ0) is 15.1. The molecular formula is C18H28O2. The molecule has 0 aliphatic heterocycles. The second kappa shape index (κ2) is 5.05. The Hall–Kier alpha value is -1.05. The van der Waals surface area contributed by atoms with Crippen LogP contribution in [-0.2, 0) is 4.79 Å². The Balaban J connectivity index is 0.000000257. The Labute approximate surface area is 123 Å². The van der Waals surface area contributed by atoms with Crippen LogP contribution in [0.15, 0.2) is 24.8 Å². The van der Waals surface area contributed by atoms with Gasteiger partial charge >= 0.3 is 5.97 Å². The molecule has 1 N–H and O–H groups in total. The van der Waals surface area contributed by atoms with Gasteiger partial charge in [-0.2, -0.15) is 0 Å². The lowest BCUT2D eigenvalue weighted by Crippen LogP contribution is -2.28. The summed E-state index contributed by atoms with van der Waals surface area (Å²) in [5.41, 5.74) is 2.71. The minimum absolute atomic E-state index is 0.515. The molecule has 2 heteroatoms. The molecule has 4 bridgehead atoms. The summed E-state index contributed by atoms with van der Waals surface area (Å²) in [6, 6.07) is 0. The molecule has 20 heavy (non-hydrogen) atoms. The van der Waals surface area contributed by atoms with Crippen LogP contribution in [-0.4, -0.2) is 11.1 Å². The number of carboxylic acid groups (broad SMARTS) is 1. The molecule has 3 saturated carbocycles. The van der Waals surface area contributed by atoms with Crippen molar-refractivity contribution in [2.75, 3.05) is 0 Å². The summed E-state index contributed by atoms with van der Waals surface area (Å²) in [6.07, 6.45) is 8.02. The van der Waals surface area contributed by atoms with Crippen molar-refractivity contribution in [3.63, 3.8) is 0 Å².